The highest BCUT2D eigenvalue weighted by Gasteiger charge is 2.19. The van der Waals surface area contributed by atoms with Crippen LogP contribution in [-0.2, 0) is 11.2 Å². The Morgan fingerprint density at radius 1 is 1.23 bits per heavy atom. The quantitative estimate of drug-likeness (QED) is 0.238. The van der Waals surface area contributed by atoms with Gasteiger partial charge in [-0.2, -0.15) is 5.10 Å². The zero-order valence-electron chi connectivity index (χ0n) is 22.4. The predicted octanol–water partition coefficient (Wildman–Crippen LogP) is 4.20. The number of carbonyl (C=O) groups is 1. The molecule has 1 amide bonds. The molecule has 0 aliphatic carbocycles. The number of ether oxygens (including phenoxy) is 1. The second kappa shape index (κ2) is 12.5. The molecule has 206 valence electrons. The van der Waals surface area contributed by atoms with Crippen LogP contribution < -0.4 is 15.4 Å². The third kappa shape index (κ3) is 6.92. The summed E-state index contributed by atoms with van der Waals surface area (Å²) in [6.07, 6.45) is 8.41. The summed E-state index contributed by atoms with van der Waals surface area (Å²) in [7, 11) is 0. The number of aliphatic hydroxyl groups excluding tert-OH is 1. The fourth-order valence-electron chi connectivity index (χ4n) is 4.87. The van der Waals surface area contributed by atoms with Crippen molar-refractivity contribution in [2.24, 2.45) is 5.92 Å². The topological polar surface area (TPSA) is 117 Å². The van der Waals surface area contributed by atoms with Crippen molar-refractivity contribution in [3.05, 3.63) is 59.0 Å². The number of carbonyl (C=O) groups excluding carboxylic acids is 1. The number of hydrogen-bond donors (Lipinski definition) is 3. The number of likely N-dealkylation sites (tertiary alicyclic amines) is 1. The Bertz CT molecular complexity index is 1410. The highest BCUT2D eigenvalue weighted by atomic mass is 32.1. The average Bonchev–Trinajstić information content (AvgIpc) is 3.50. The Kier molecular flexibility index (Phi) is 8.70. The van der Waals surface area contributed by atoms with Gasteiger partial charge in [-0.1, -0.05) is 12.1 Å². The lowest BCUT2D eigenvalue weighted by Gasteiger charge is -2.30. The van der Waals surface area contributed by atoms with E-state index in [1.54, 1.807) is 10.7 Å². The number of fused-ring (bicyclic) bond motifs is 1. The van der Waals surface area contributed by atoms with Gasteiger partial charge in [-0.25, -0.2) is 14.5 Å². The van der Waals surface area contributed by atoms with Crippen LogP contribution in [0.3, 0.4) is 0 Å². The summed E-state index contributed by atoms with van der Waals surface area (Å²) in [6.45, 7) is 7.99. The number of nitrogens with zero attached hydrogens (tertiary/aromatic N) is 5. The van der Waals surface area contributed by atoms with Gasteiger partial charge in [0.05, 0.1) is 19.2 Å². The lowest BCUT2D eigenvalue weighted by molar-refractivity contribution is -0.115. The SMILES string of the molecule is Cc1cccc(NC(=O)Cc2cnc(Nc3ncnn4cc(OCCCN5CCC(CO)CC5)c(C)c34)s2)c1. The number of aromatic nitrogens is 4. The summed E-state index contributed by atoms with van der Waals surface area (Å²) in [4.78, 5) is 24.7. The van der Waals surface area contributed by atoms with Crippen LogP contribution in [0.25, 0.3) is 5.52 Å². The van der Waals surface area contributed by atoms with Gasteiger partial charge in [0.2, 0.25) is 5.91 Å². The Labute approximate surface area is 232 Å². The van der Waals surface area contributed by atoms with Gasteiger partial charge in [0.15, 0.2) is 10.9 Å². The molecular formula is C28H35N7O3S. The lowest BCUT2D eigenvalue weighted by Crippen LogP contribution is -2.35. The molecule has 10 nitrogen and oxygen atoms in total. The second-order valence-corrected chi connectivity index (χ2v) is 11.2. The van der Waals surface area contributed by atoms with Gasteiger partial charge >= 0.3 is 0 Å². The summed E-state index contributed by atoms with van der Waals surface area (Å²) in [5, 5.41) is 20.6. The summed E-state index contributed by atoms with van der Waals surface area (Å²) in [5.41, 5.74) is 3.66. The minimum Gasteiger partial charge on any atom is -0.492 e. The molecule has 0 bridgehead atoms. The molecule has 3 aromatic heterocycles. The molecule has 1 fully saturated rings. The third-order valence-corrected chi connectivity index (χ3v) is 7.95. The predicted molar refractivity (Wildman–Crippen MR) is 153 cm³/mol. The van der Waals surface area contributed by atoms with Crippen molar-refractivity contribution in [3.8, 4) is 5.75 Å². The maximum atomic E-state index is 12.5. The number of nitrogens with one attached hydrogen (secondary N) is 2. The van der Waals surface area contributed by atoms with Crippen molar-refractivity contribution in [1.82, 2.24) is 24.5 Å². The van der Waals surface area contributed by atoms with E-state index in [0.717, 1.165) is 71.9 Å². The van der Waals surface area contributed by atoms with E-state index in [4.69, 9.17) is 4.74 Å². The number of benzene rings is 1. The maximum absolute atomic E-state index is 12.5. The molecule has 5 rings (SSSR count). The van der Waals surface area contributed by atoms with Crippen LogP contribution in [0.1, 0.15) is 35.3 Å². The minimum absolute atomic E-state index is 0.0842. The molecule has 1 aromatic carbocycles. The van der Waals surface area contributed by atoms with Gasteiger partial charge in [-0.3, -0.25) is 4.79 Å². The van der Waals surface area contributed by atoms with E-state index < -0.39 is 0 Å². The van der Waals surface area contributed by atoms with Crippen molar-refractivity contribution in [2.45, 2.75) is 39.5 Å². The van der Waals surface area contributed by atoms with E-state index in [1.165, 1.54) is 17.7 Å². The van der Waals surface area contributed by atoms with Gasteiger partial charge in [-0.15, -0.1) is 11.3 Å². The van der Waals surface area contributed by atoms with E-state index in [0.29, 0.717) is 30.1 Å². The number of hydrogen-bond acceptors (Lipinski definition) is 9. The number of aryl methyl sites for hydroxylation is 2. The first kappa shape index (κ1) is 27.0. The van der Waals surface area contributed by atoms with Gasteiger partial charge in [0.1, 0.15) is 17.6 Å². The molecule has 11 heteroatoms. The van der Waals surface area contributed by atoms with Crippen molar-refractivity contribution in [3.63, 3.8) is 0 Å². The number of anilines is 3. The van der Waals surface area contributed by atoms with E-state index >= 15 is 0 Å². The monoisotopic (exact) mass is 549 g/mol. The van der Waals surface area contributed by atoms with Gasteiger partial charge in [-0.05, 0) is 69.8 Å². The molecule has 0 radical (unpaired) electrons. The molecule has 0 spiro atoms. The largest absolute Gasteiger partial charge is 0.492 e. The summed E-state index contributed by atoms with van der Waals surface area (Å²) < 4.78 is 7.89. The average molecular weight is 550 g/mol. The molecule has 1 saturated heterocycles. The van der Waals surface area contributed by atoms with Crippen molar-refractivity contribution < 1.29 is 14.6 Å². The minimum atomic E-state index is -0.0842. The van der Waals surface area contributed by atoms with Gasteiger partial charge < -0.3 is 25.4 Å². The standard InChI is InChI=1S/C28H35N7O3S/c1-19-5-3-6-22(13-19)32-25(37)14-23-15-29-28(39-23)33-27-26-20(2)24(16-35(26)31-18-30-27)38-12-4-9-34-10-7-21(17-36)8-11-34/h3,5-6,13,15-16,18,21,36H,4,7-12,14,17H2,1-2H3,(H,32,37)(H,29,30,31,33). The summed E-state index contributed by atoms with van der Waals surface area (Å²) in [6, 6.07) is 7.74. The molecule has 1 aliphatic rings. The van der Waals surface area contributed by atoms with E-state index in [-0.39, 0.29) is 12.3 Å². The first-order valence-electron chi connectivity index (χ1n) is 13.4. The highest BCUT2D eigenvalue weighted by Crippen LogP contribution is 2.31. The summed E-state index contributed by atoms with van der Waals surface area (Å²) >= 11 is 1.42. The van der Waals surface area contributed by atoms with Crippen LogP contribution in [0.15, 0.2) is 43.0 Å². The lowest BCUT2D eigenvalue weighted by atomic mass is 9.98. The molecular weight excluding hydrogens is 514 g/mol. The van der Waals surface area contributed by atoms with Crippen LogP contribution in [0.2, 0.25) is 0 Å². The molecule has 39 heavy (non-hydrogen) atoms. The van der Waals surface area contributed by atoms with E-state index in [9.17, 15) is 9.90 Å². The Morgan fingerprint density at radius 2 is 2.08 bits per heavy atom. The highest BCUT2D eigenvalue weighted by molar-refractivity contribution is 7.15. The third-order valence-electron chi connectivity index (χ3n) is 7.04. The Hall–Kier alpha value is -3.54. The van der Waals surface area contributed by atoms with Crippen molar-refractivity contribution in [1.29, 1.82) is 0 Å². The molecule has 1 aliphatic heterocycles. The van der Waals surface area contributed by atoms with Crippen molar-refractivity contribution in [2.75, 3.05) is 43.5 Å². The fourth-order valence-corrected chi connectivity index (χ4v) is 5.68. The first-order valence-corrected chi connectivity index (χ1v) is 14.2. The Balaban J connectivity index is 1.17. The van der Waals surface area contributed by atoms with Crippen LogP contribution in [0, 0.1) is 19.8 Å². The number of amides is 1. The molecule has 0 unspecified atom stereocenters. The van der Waals surface area contributed by atoms with Crippen molar-refractivity contribution >= 4 is 39.4 Å². The van der Waals surface area contributed by atoms with E-state index in [1.807, 2.05) is 44.3 Å². The van der Waals surface area contributed by atoms with Crippen LogP contribution in [0.4, 0.5) is 16.6 Å². The summed E-state index contributed by atoms with van der Waals surface area (Å²) in [5.74, 6) is 1.79. The molecule has 3 N–H and O–H groups in total. The Morgan fingerprint density at radius 3 is 2.87 bits per heavy atom. The molecule has 4 aromatic rings. The maximum Gasteiger partial charge on any atom is 0.229 e. The van der Waals surface area contributed by atoms with Crippen LogP contribution in [-0.4, -0.2) is 68.3 Å². The molecule has 0 atom stereocenters. The fraction of sp³-hybridized carbons (Fsp3) is 0.429. The first-order chi connectivity index (χ1) is 19.0. The zero-order chi connectivity index (χ0) is 27.2. The molecule has 4 heterocycles. The van der Waals surface area contributed by atoms with E-state index in [2.05, 4.69) is 30.6 Å². The number of aliphatic hydroxyl groups is 1. The normalized spacial score (nSPS) is 14.5. The van der Waals surface area contributed by atoms with Gasteiger partial charge in [0.25, 0.3) is 0 Å². The van der Waals surface area contributed by atoms with Crippen LogP contribution >= 0.6 is 11.3 Å². The number of thiazole rings is 1. The zero-order valence-corrected chi connectivity index (χ0v) is 23.2. The number of rotatable bonds is 11. The van der Waals surface area contributed by atoms with Gasteiger partial charge in [0, 0.05) is 35.5 Å². The second-order valence-electron chi connectivity index (χ2n) is 10.0. The molecule has 0 saturated carbocycles. The smallest absolute Gasteiger partial charge is 0.229 e. The van der Waals surface area contributed by atoms with Crippen LogP contribution in [0.5, 0.6) is 5.75 Å². The number of piperidine rings is 1.